The van der Waals surface area contributed by atoms with Crippen molar-refractivity contribution >= 4 is 35.3 Å². The van der Waals surface area contributed by atoms with Gasteiger partial charge in [0.2, 0.25) is 5.91 Å². The molecule has 3 rings (SSSR count). The number of benzene rings is 2. The number of nitrogens with zero attached hydrogens (tertiary/aromatic N) is 2. The molecule has 134 valence electrons. The average molecular weight is 381 g/mol. The van der Waals surface area contributed by atoms with E-state index in [1.165, 1.54) is 24.3 Å². The standard InChI is InChI=1S/C18H12ClF3N2O2/c19-11-4-3-5-12(8-11)24-16(25)14-7-2-1-6-13(14)15(17(24)26)9-23-10-18(20,21)22/h1-9,15H,10H2/t15-/m1/s1. The maximum atomic E-state index is 12.9. The normalized spacial score (nSPS) is 17.7. The zero-order valence-electron chi connectivity index (χ0n) is 13.2. The van der Waals surface area contributed by atoms with E-state index in [0.29, 0.717) is 10.6 Å². The van der Waals surface area contributed by atoms with Crippen LogP contribution in [0, 0.1) is 0 Å². The van der Waals surface area contributed by atoms with Gasteiger partial charge >= 0.3 is 6.18 Å². The highest BCUT2D eigenvalue weighted by molar-refractivity contribution is 6.32. The minimum atomic E-state index is -4.48. The number of halogens is 4. The van der Waals surface area contributed by atoms with Crippen LogP contribution in [0.2, 0.25) is 5.02 Å². The van der Waals surface area contributed by atoms with E-state index >= 15 is 0 Å². The SMILES string of the molecule is O=C1c2ccccc2[C@@H](C=NCC(F)(F)F)C(=O)N1c1cccc(Cl)c1. The number of hydrogen-bond donors (Lipinski definition) is 0. The molecule has 0 N–H and O–H groups in total. The number of carbonyl (C=O) groups excluding carboxylic acids is 2. The summed E-state index contributed by atoms with van der Waals surface area (Å²) in [5, 5.41) is 0.323. The van der Waals surface area contributed by atoms with E-state index in [2.05, 4.69) is 4.99 Å². The van der Waals surface area contributed by atoms with E-state index in [1.807, 2.05) is 0 Å². The lowest BCUT2D eigenvalue weighted by molar-refractivity contribution is -0.120. The number of aliphatic imine (C=N–C) groups is 1. The second-order valence-corrected chi connectivity index (χ2v) is 6.06. The summed E-state index contributed by atoms with van der Waals surface area (Å²) in [6.45, 7) is -1.40. The fourth-order valence-electron chi connectivity index (χ4n) is 2.72. The van der Waals surface area contributed by atoms with Crippen LogP contribution in [0.3, 0.4) is 0 Å². The van der Waals surface area contributed by atoms with Gasteiger partial charge in [-0.05, 0) is 29.8 Å². The first-order valence-electron chi connectivity index (χ1n) is 7.57. The molecule has 1 aliphatic rings. The molecule has 26 heavy (non-hydrogen) atoms. The first-order chi connectivity index (χ1) is 12.3. The summed E-state index contributed by atoms with van der Waals surface area (Å²) in [5.41, 5.74) is 0.804. The summed E-state index contributed by atoms with van der Waals surface area (Å²) in [7, 11) is 0. The molecule has 2 aromatic rings. The van der Waals surface area contributed by atoms with Gasteiger partial charge in [-0.2, -0.15) is 13.2 Å². The second kappa shape index (κ2) is 6.92. The van der Waals surface area contributed by atoms with Crippen molar-refractivity contribution in [2.24, 2.45) is 4.99 Å². The molecule has 0 unspecified atom stereocenters. The molecule has 0 radical (unpaired) electrons. The van der Waals surface area contributed by atoms with Crippen LogP contribution in [0.15, 0.2) is 53.5 Å². The Morgan fingerprint density at radius 2 is 1.85 bits per heavy atom. The zero-order chi connectivity index (χ0) is 18.9. The van der Waals surface area contributed by atoms with Crippen LogP contribution in [0.4, 0.5) is 18.9 Å². The molecule has 1 atom stereocenters. The van der Waals surface area contributed by atoms with Crippen molar-refractivity contribution in [3.8, 4) is 0 Å². The maximum Gasteiger partial charge on any atom is 0.407 e. The van der Waals surface area contributed by atoms with Crippen LogP contribution in [-0.4, -0.2) is 30.8 Å². The lowest BCUT2D eigenvalue weighted by Crippen LogP contribution is -2.45. The summed E-state index contributed by atoms with van der Waals surface area (Å²) in [6.07, 6.45) is -3.53. The van der Waals surface area contributed by atoms with E-state index in [0.717, 1.165) is 11.1 Å². The number of fused-ring (bicyclic) bond motifs is 1. The van der Waals surface area contributed by atoms with E-state index in [9.17, 15) is 22.8 Å². The van der Waals surface area contributed by atoms with Crippen molar-refractivity contribution in [3.63, 3.8) is 0 Å². The Bertz CT molecular complexity index is 896. The molecule has 0 aliphatic carbocycles. The van der Waals surface area contributed by atoms with Gasteiger partial charge in [0, 0.05) is 16.8 Å². The molecular formula is C18H12ClF3N2O2. The average Bonchev–Trinajstić information content (AvgIpc) is 2.57. The molecule has 8 heteroatoms. The van der Waals surface area contributed by atoms with Crippen molar-refractivity contribution < 1.29 is 22.8 Å². The highest BCUT2D eigenvalue weighted by atomic mass is 35.5. The van der Waals surface area contributed by atoms with Crippen LogP contribution < -0.4 is 4.90 Å². The molecule has 2 aromatic carbocycles. The third kappa shape index (κ3) is 3.62. The largest absolute Gasteiger partial charge is 0.407 e. The van der Waals surface area contributed by atoms with Crippen LogP contribution in [-0.2, 0) is 4.79 Å². The monoisotopic (exact) mass is 380 g/mol. The van der Waals surface area contributed by atoms with Crippen molar-refractivity contribution in [2.75, 3.05) is 11.4 Å². The van der Waals surface area contributed by atoms with Gasteiger partial charge in [0.25, 0.3) is 5.91 Å². The van der Waals surface area contributed by atoms with E-state index < -0.39 is 30.5 Å². The second-order valence-electron chi connectivity index (χ2n) is 5.63. The fourth-order valence-corrected chi connectivity index (χ4v) is 2.91. The predicted molar refractivity (Wildman–Crippen MR) is 91.9 cm³/mol. The molecule has 1 aliphatic heterocycles. The Kier molecular flexibility index (Phi) is 4.82. The van der Waals surface area contributed by atoms with Gasteiger partial charge in [-0.1, -0.05) is 35.9 Å². The molecule has 2 amide bonds. The zero-order valence-corrected chi connectivity index (χ0v) is 14.0. The molecule has 4 nitrogen and oxygen atoms in total. The van der Waals surface area contributed by atoms with E-state index in [1.54, 1.807) is 24.3 Å². The third-order valence-corrected chi connectivity index (χ3v) is 4.04. The van der Waals surface area contributed by atoms with Crippen LogP contribution in [0.25, 0.3) is 0 Å². The lowest BCUT2D eigenvalue weighted by atomic mass is 9.89. The van der Waals surface area contributed by atoms with Crippen LogP contribution >= 0.6 is 11.6 Å². The number of imide groups is 1. The van der Waals surface area contributed by atoms with Gasteiger partial charge in [-0.15, -0.1) is 0 Å². The maximum absolute atomic E-state index is 12.9. The topological polar surface area (TPSA) is 49.7 Å². The summed E-state index contributed by atoms with van der Waals surface area (Å²) in [6, 6.07) is 12.4. The van der Waals surface area contributed by atoms with Crippen LogP contribution in [0.5, 0.6) is 0 Å². The van der Waals surface area contributed by atoms with Gasteiger partial charge in [0.05, 0.1) is 11.6 Å². The Morgan fingerprint density at radius 3 is 2.54 bits per heavy atom. The molecule has 1 heterocycles. The first-order valence-corrected chi connectivity index (χ1v) is 7.95. The van der Waals surface area contributed by atoms with Crippen molar-refractivity contribution in [3.05, 3.63) is 64.7 Å². The fraction of sp³-hybridized carbons (Fsp3) is 0.167. The number of carbonyl (C=O) groups is 2. The number of hydrogen-bond acceptors (Lipinski definition) is 3. The first kappa shape index (κ1) is 18.1. The van der Waals surface area contributed by atoms with Gasteiger partial charge in [-0.3, -0.25) is 14.6 Å². The minimum Gasteiger partial charge on any atom is -0.287 e. The Hall–Kier alpha value is -2.67. The van der Waals surface area contributed by atoms with E-state index in [-0.39, 0.29) is 11.3 Å². The van der Waals surface area contributed by atoms with Crippen LogP contribution in [0.1, 0.15) is 21.8 Å². The number of rotatable bonds is 3. The molecule has 0 aromatic heterocycles. The van der Waals surface area contributed by atoms with Gasteiger partial charge in [-0.25, -0.2) is 4.90 Å². The summed E-state index contributed by atoms with van der Waals surface area (Å²) in [4.78, 5) is 29.9. The highest BCUT2D eigenvalue weighted by Gasteiger charge is 2.39. The molecular weight excluding hydrogens is 369 g/mol. The summed E-state index contributed by atoms with van der Waals surface area (Å²) >= 11 is 5.93. The van der Waals surface area contributed by atoms with Gasteiger partial charge in [0.1, 0.15) is 6.54 Å². The highest BCUT2D eigenvalue weighted by Crippen LogP contribution is 2.32. The molecule has 0 saturated heterocycles. The Morgan fingerprint density at radius 1 is 1.12 bits per heavy atom. The molecule has 0 fully saturated rings. The third-order valence-electron chi connectivity index (χ3n) is 3.81. The lowest BCUT2D eigenvalue weighted by Gasteiger charge is -2.31. The minimum absolute atomic E-state index is 0.232. The number of anilines is 1. The van der Waals surface area contributed by atoms with Crippen molar-refractivity contribution in [2.45, 2.75) is 12.1 Å². The quantitative estimate of drug-likeness (QED) is 0.590. The summed E-state index contributed by atoms with van der Waals surface area (Å²) < 4.78 is 37.1. The summed E-state index contributed by atoms with van der Waals surface area (Å²) in [5.74, 6) is -2.33. The van der Waals surface area contributed by atoms with Crippen molar-refractivity contribution in [1.82, 2.24) is 0 Å². The Balaban J connectivity index is 2.05. The molecule has 0 bridgehead atoms. The van der Waals surface area contributed by atoms with Gasteiger partial charge < -0.3 is 0 Å². The number of amides is 2. The van der Waals surface area contributed by atoms with Crippen molar-refractivity contribution in [1.29, 1.82) is 0 Å². The van der Waals surface area contributed by atoms with E-state index in [4.69, 9.17) is 11.6 Å². The Labute approximate surface area is 151 Å². The predicted octanol–water partition coefficient (Wildman–Crippen LogP) is 4.24. The smallest absolute Gasteiger partial charge is 0.287 e. The number of alkyl halides is 3. The molecule has 0 spiro atoms. The van der Waals surface area contributed by atoms with Gasteiger partial charge in [0.15, 0.2) is 0 Å². The molecule has 0 saturated carbocycles.